The number of anilines is 2. The molecule has 17 heteroatoms. The van der Waals surface area contributed by atoms with Crippen molar-refractivity contribution < 1.29 is 32.1 Å². The largest absolute Gasteiger partial charge is 0.487 e. The van der Waals surface area contributed by atoms with Crippen molar-refractivity contribution in [2.45, 2.75) is 63.3 Å². The Morgan fingerprint density at radius 2 is 1.89 bits per heavy atom. The minimum absolute atomic E-state index is 0.0579. The van der Waals surface area contributed by atoms with E-state index in [1.807, 2.05) is 6.92 Å². The summed E-state index contributed by atoms with van der Waals surface area (Å²) < 4.78 is 64.8. The smallest absolute Gasteiger partial charge is 0.422 e. The summed E-state index contributed by atoms with van der Waals surface area (Å²) in [6.07, 6.45) is 4.17. The maximum atomic E-state index is 13.0. The van der Waals surface area contributed by atoms with E-state index in [2.05, 4.69) is 35.9 Å². The van der Waals surface area contributed by atoms with E-state index in [-0.39, 0.29) is 29.7 Å². The van der Waals surface area contributed by atoms with Crippen LogP contribution in [0.1, 0.15) is 38.6 Å². The summed E-state index contributed by atoms with van der Waals surface area (Å²) >= 11 is 6.37. The summed E-state index contributed by atoms with van der Waals surface area (Å²) in [7, 11) is 0. The molecule has 1 atom stereocenters. The SMILES string of the molecule is C[C@@H](Cn1cnnn1)Oc1cc(-c2cnc(Nc3cn(C4CCC5(CC4)OCCO5)nc3OCC(F)(F)F)nc2)ccc1Cl. The molecule has 0 bridgehead atoms. The van der Waals surface area contributed by atoms with Gasteiger partial charge in [0.05, 0.1) is 37.0 Å². The molecule has 44 heavy (non-hydrogen) atoms. The monoisotopic (exact) mass is 635 g/mol. The van der Waals surface area contributed by atoms with Gasteiger partial charge in [-0.05, 0) is 47.9 Å². The number of nitrogens with zero attached hydrogens (tertiary/aromatic N) is 8. The van der Waals surface area contributed by atoms with Crippen LogP contribution in [0.25, 0.3) is 11.1 Å². The Kier molecular flexibility index (Phi) is 8.55. The molecule has 234 valence electrons. The van der Waals surface area contributed by atoms with Gasteiger partial charge in [0.2, 0.25) is 5.95 Å². The topological polar surface area (TPSA) is 136 Å². The van der Waals surface area contributed by atoms with Crippen molar-refractivity contribution in [3.8, 4) is 22.8 Å². The lowest BCUT2D eigenvalue weighted by atomic mass is 9.90. The Morgan fingerprint density at radius 3 is 2.57 bits per heavy atom. The molecule has 2 fully saturated rings. The number of alkyl halides is 3. The van der Waals surface area contributed by atoms with E-state index >= 15 is 0 Å². The number of tetrazole rings is 1. The predicted octanol–water partition coefficient (Wildman–Crippen LogP) is 4.99. The van der Waals surface area contributed by atoms with Crippen molar-refractivity contribution in [1.82, 2.24) is 40.0 Å². The summed E-state index contributed by atoms with van der Waals surface area (Å²) in [4.78, 5) is 8.73. The Labute approximate surface area is 254 Å². The fourth-order valence-electron chi connectivity index (χ4n) is 5.21. The molecule has 1 spiro atoms. The van der Waals surface area contributed by atoms with E-state index in [0.29, 0.717) is 61.8 Å². The maximum absolute atomic E-state index is 13.0. The van der Waals surface area contributed by atoms with E-state index < -0.39 is 18.6 Å². The van der Waals surface area contributed by atoms with Gasteiger partial charge in [-0.3, -0.25) is 4.68 Å². The first kappa shape index (κ1) is 30.0. The fraction of sp³-hybridized carbons (Fsp3) is 0.481. The number of rotatable bonds is 10. The average molecular weight is 636 g/mol. The Hall–Kier alpha value is -4.02. The van der Waals surface area contributed by atoms with Crippen LogP contribution in [0.2, 0.25) is 5.02 Å². The number of hydrogen-bond donors (Lipinski definition) is 1. The second kappa shape index (κ2) is 12.5. The molecule has 0 radical (unpaired) electrons. The van der Waals surface area contributed by atoms with Crippen LogP contribution >= 0.6 is 11.6 Å². The van der Waals surface area contributed by atoms with Crippen molar-refractivity contribution in [1.29, 1.82) is 0 Å². The van der Waals surface area contributed by atoms with Gasteiger partial charge in [0.1, 0.15) is 23.9 Å². The number of aromatic nitrogens is 8. The lowest BCUT2D eigenvalue weighted by Crippen LogP contribution is -2.35. The zero-order chi connectivity index (χ0) is 30.7. The number of halogens is 4. The Bertz CT molecular complexity index is 1540. The maximum Gasteiger partial charge on any atom is 0.422 e. The van der Waals surface area contributed by atoms with Gasteiger partial charge in [-0.15, -0.1) is 10.2 Å². The minimum Gasteiger partial charge on any atom is -0.487 e. The molecule has 1 saturated heterocycles. The zero-order valence-corrected chi connectivity index (χ0v) is 24.3. The average Bonchev–Trinajstić information content (AvgIpc) is 3.76. The molecule has 6 rings (SSSR count). The number of benzene rings is 1. The molecule has 13 nitrogen and oxygen atoms in total. The van der Waals surface area contributed by atoms with Crippen LogP contribution < -0.4 is 14.8 Å². The van der Waals surface area contributed by atoms with Crippen LogP contribution in [0.3, 0.4) is 0 Å². The third kappa shape index (κ3) is 7.19. The van der Waals surface area contributed by atoms with Crippen molar-refractivity contribution in [3.05, 3.63) is 48.1 Å². The van der Waals surface area contributed by atoms with Crippen LogP contribution in [0.5, 0.6) is 11.6 Å². The lowest BCUT2D eigenvalue weighted by molar-refractivity contribution is -0.181. The molecule has 3 aromatic heterocycles. The van der Waals surface area contributed by atoms with E-state index in [1.54, 1.807) is 46.2 Å². The van der Waals surface area contributed by atoms with E-state index in [0.717, 1.165) is 5.56 Å². The number of ether oxygens (including phenoxy) is 4. The number of nitrogens with one attached hydrogen (secondary N) is 1. The molecule has 1 aromatic carbocycles. The summed E-state index contributed by atoms with van der Waals surface area (Å²) in [6.45, 7) is 1.93. The van der Waals surface area contributed by atoms with Crippen molar-refractivity contribution in [2.24, 2.45) is 0 Å². The van der Waals surface area contributed by atoms with Crippen LogP contribution in [0, 0.1) is 0 Å². The summed E-state index contributed by atoms with van der Waals surface area (Å²) in [6, 6.07) is 5.22. The van der Waals surface area contributed by atoms with Crippen LogP contribution in [0.4, 0.5) is 24.8 Å². The molecule has 1 N–H and O–H groups in total. The second-order valence-electron chi connectivity index (χ2n) is 10.6. The molecular formula is C27H29ClF3N9O4. The number of hydrogen-bond acceptors (Lipinski definition) is 11. The van der Waals surface area contributed by atoms with Gasteiger partial charge in [0.25, 0.3) is 5.88 Å². The highest BCUT2D eigenvalue weighted by atomic mass is 35.5. The molecule has 1 aliphatic carbocycles. The fourth-order valence-corrected chi connectivity index (χ4v) is 5.38. The predicted molar refractivity (Wildman–Crippen MR) is 150 cm³/mol. The first-order chi connectivity index (χ1) is 21.1. The summed E-state index contributed by atoms with van der Waals surface area (Å²) in [5, 5.41) is 18.8. The summed E-state index contributed by atoms with van der Waals surface area (Å²) in [5.74, 6) is -0.147. The molecule has 4 aromatic rings. The molecule has 0 amide bonds. The highest BCUT2D eigenvalue weighted by Gasteiger charge is 2.41. The normalized spacial score (nSPS) is 17.6. The van der Waals surface area contributed by atoms with Crippen molar-refractivity contribution in [3.63, 3.8) is 0 Å². The first-order valence-electron chi connectivity index (χ1n) is 14.0. The third-order valence-electron chi connectivity index (χ3n) is 7.30. The van der Waals surface area contributed by atoms with E-state index in [4.69, 9.17) is 30.5 Å². The highest BCUT2D eigenvalue weighted by Crippen LogP contribution is 2.41. The standard InChI is InChI=1S/C27H29ClF3N9O4/c1-17(13-39-16-34-37-38-39)44-23-10-18(2-3-21(23)28)19-11-32-25(33-12-19)35-22-14-40(36-24(22)41-15-27(29,30)31)20-4-6-26(7-5-20)42-8-9-43-26/h2-3,10-12,14,16-17,20H,4-9,13,15H2,1H3,(H,32,33,35)/t17-/m0/s1. The quantitative estimate of drug-likeness (QED) is 0.252. The van der Waals surface area contributed by atoms with Crippen LogP contribution in [0.15, 0.2) is 43.1 Å². The second-order valence-corrected chi connectivity index (χ2v) is 11.0. The van der Waals surface area contributed by atoms with Crippen molar-refractivity contribution >= 4 is 23.2 Å². The third-order valence-corrected chi connectivity index (χ3v) is 7.61. The van der Waals surface area contributed by atoms with E-state index in [9.17, 15) is 13.2 Å². The Balaban J connectivity index is 1.15. The van der Waals surface area contributed by atoms with Gasteiger partial charge in [-0.2, -0.15) is 13.2 Å². The molecule has 2 aliphatic rings. The minimum atomic E-state index is -4.53. The molecular weight excluding hydrogens is 607 g/mol. The van der Waals surface area contributed by atoms with Gasteiger partial charge in [-0.25, -0.2) is 14.6 Å². The van der Waals surface area contributed by atoms with E-state index in [1.165, 1.54) is 6.33 Å². The molecule has 1 saturated carbocycles. The van der Waals surface area contributed by atoms with Gasteiger partial charge in [0.15, 0.2) is 12.4 Å². The lowest BCUT2D eigenvalue weighted by Gasteiger charge is -2.35. The molecule has 4 heterocycles. The zero-order valence-electron chi connectivity index (χ0n) is 23.6. The van der Waals surface area contributed by atoms with Crippen LogP contribution in [-0.2, 0) is 16.0 Å². The van der Waals surface area contributed by atoms with Crippen LogP contribution in [-0.4, -0.2) is 77.8 Å². The molecule has 0 unspecified atom stereocenters. The summed E-state index contributed by atoms with van der Waals surface area (Å²) in [5.41, 5.74) is 1.63. The van der Waals surface area contributed by atoms with Crippen molar-refractivity contribution in [2.75, 3.05) is 25.1 Å². The van der Waals surface area contributed by atoms with Gasteiger partial charge >= 0.3 is 6.18 Å². The Morgan fingerprint density at radius 1 is 1.14 bits per heavy atom. The van der Waals surface area contributed by atoms with Gasteiger partial charge in [0, 0.05) is 30.8 Å². The highest BCUT2D eigenvalue weighted by molar-refractivity contribution is 6.32. The molecule has 1 aliphatic heterocycles. The van der Waals surface area contributed by atoms with Gasteiger partial charge < -0.3 is 24.3 Å². The van der Waals surface area contributed by atoms with Gasteiger partial charge in [-0.1, -0.05) is 17.7 Å². The first-order valence-corrected chi connectivity index (χ1v) is 14.4.